The van der Waals surface area contributed by atoms with Gasteiger partial charge in [0.15, 0.2) is 0 Å². The molecule has 2 amide bonds. The van der Waals surface area contributed by atoms with E-state index in [9.17, 15) is 18.0 Å². The summed E-state index contributed by atoms with van der Waals surface area (Å²) in [6.07, 6.45) is 0. The summed E-state index contributed by atoms with van der Waals surface area (Å²) in [5.74, 6) is -0.995. The molecule has 0 radical (unpaired) electrons. The summed E-state index contributed by atoms with van der Waals surface area (Å²) >= 11 is 18.7. The molecule has 37 heavy (non-hydrogen) atoms. The van der Waals surface area contributed by atoms with E-state index in [0.717, 1.165) is 4.31 Å². The lowest BCUT2D eigenvalue weighted by atomic mass is 10.1. The lowest BCUT2D eigenvalue weighted by Gasteiger charge is -2.32. The standard InChI is InChI=1S/C26H26Cl3N3O4S/c1-3-30-26(34)18(2)31(16-19-8-7-9-20(27)14-19)25(33)17-32(24-15-21(28)12-13-23(24)29)37(35,36)22-10-5-4-6-11-22/h4-15,18H,3,16-17H2,1-2H3,(H,30,34)/t18-/m1/s1. The van der Waals surface area contributed by atoms with E-state index >= 15 is 0 Å². The number of anilines is 1. The van der Waals surface area contributed by atoms with Crippen molar-refractivity contribution in [3.05, 3.63) is 93.4 Å². The van der Waals surface area contributed by atoms with Crippen LogP contribution >= 0.6 is 34.8 Å². The van der Waals surface area contributed by atoms with Crippen molar-refractivity contribution in [1.29, 1.82) is 0 Å². The van der Waals surface area contributed by atoms with Gasteiger partial charge in [0, 0.05) is 23.1 Å². The van der Waals surface area contributed by atoms with Crippen molar-refractivity contribution in [2.45, 2.75) is 31.3 Å². The topological polar surface area (TPSA) is 86.8 Å². The van der Waals surface area contributed by atoms with E-state index in [4.69, 9.17) is 34.8 Å². The third kappa shape index (κ3) is 7.17. The van der Waals surface area contributed by atoms with Crippen LogP contribution in [0.3, 0.4) is 0 Å². The number of halogens is 3. The molecule has 0 heterocycles. The van der Waals surface area contributed by atoms with Crippen molar-refractivity contribution in [2.75, 3.05) is 17.4 Å². The molecule has 1 atom stereocenters. The SMILES string of the molecule is CCNC(=O)[C@@H](C)N(Cc1cccc(Cl)c1)C(=O)CN(c1cc(Cl)ccc1Cl)S(=O)(=O)c1ccccc1. The highest BCUT2D eigenvalue weighted by Crippen LogP contribution is 2.33. The van der Waals surface area contributed by atoms with Crippen molar-refractivity contribution in [2.24, 2.45) is 0 Å². The van der Waals surface area contributed by atoms with Crippen LogP contribution in [0, 0.1) is 0 Å². The van der Waals surface area contributed by atoms with E-state index in [1.165, 1.54) is 35.2 Å². The molecule has 0 saturated carbocycles. The number of amides is 2. The Bertz CT molecular complexity index is 1370. The molecule has 0 aliphatic carbocycles. The minimum atomic E-state index is -4.24. The van der Waals surface area contributed by atoms with Gasteiger partial charge in [0.05, 0.1) is 15.6 Å². The number of carbonyl (C=O) groups excluding carboxylic acids is 2. The smallest absolute Gasteiger partial charge is 0.264 e. The molecule has 0 saturated heterocycles. The number of hydrogen-bond acceptors (Lipinski definition) is 4. The molecule has 0 bridgehead atoms. The molecule has 1 N–H and O–H groups in total. The van der Waals surface area contributed by atoms with Crippen LogP contribution in [0.2, 0.25) is 15.1 Å². The van der Waals surface area contributed by atoms with E-state index in [1.54, 1.807) is 56.3 Å². The number of benzene rings is 3. The Kier molecular flexibility index (Phi) is 9.84. The zero-order valence-corrected chi connectivity index (χ0v) is 23.3. The van der Waals surface area contributed by atoms with Crippen LogP contribution in [0.5, 0.6) is 0 Å². The molecule has 7 nitrogen and oxygen atoms in total. The van der Waals surface area contributed by atoms with Gasteiger partial charge in [0.25, 0.3) is 10.0 Å². The van der Waals surface area contributed by atoms with Gasteiger partial charge in [-0.3, -0.25) is 13.9 Å². The van der Waals surface area contributed by atoms with E-state index < -0.39 is 28.5 Å². The molecule has 196 valence electrons. The average molecular weight is 583 g/mol. The zero-order chi connectivity index (χ0) is 27.2. The Labute approximate surface area is 232 Å². The number of sulfonamides is 1. The Morgan fingerprint density at radius 1 is 0.919 bits per heavy atom. The predicted octanol–water partition coefficient (Wildman–Crippen LogP) is 5.40. The zero-order valence-electron chi connectivity index (χ0n) is 20.2. The van der Waals surface area contributed by atoms with Crippen LogP contribution < -0.4 is 9.62 Å². The summed E-state index contributed by atoms with van der Waals surface area (Å²) in [6, 6.07) is 18.0. The average Bonchev–Trinajstić information content (AvgIpc) is 2.87. The summed E-state index contributed by atoms with van der Waals surface area (Å²) in [5.41, 5.74) is 0.718. The normalized spacial score (nSPS) is 12.0. The van der Waals surface area contributed by atoms with Crippen molar-refractivity contribution >= 4 is 62.3 Å². The van der Waals surface area contributed by atoms with Gasteiger partial charge in [-0.2, -0.15) is 0 Å². The Morgan fingerprint density at radius 2 is 1.59 bits per heavy atom. The second-order valence-corrected chi connectivity index (χ2v) is 11.3. The van der Waals surface area contributed by atoms with Crippen molar-refractivity contribution in [3.63, 3.8) is 0 Å². The van der Waals surface area contributed by atoms with Crippen LogP contribution in [-0.4, -0.2) is 44.3 Å². The Hall–Kier alpha value is -2.78. The number of nitrogens with one attached hydrogen (secondary N) is 1. The van der Waals surface area contributed by atoms with Gasteiger partial charge in [-0.15, -0.1) is 0 Å². The summed E-state index contributed by atoms with van der Waals surface area (Å²) in [5, 5.41) is 3.51. The van der Waals surface area contributed by atoms with E-state index in [1.807, 2.05) is 0 Å². The third-order valence-electron chi connectivity index (χ3n) is 5.55. The highest BCUT2D eigenvalue weighted by atomic mass is 35.5. The maximum absolute atomic E-state index is 13.8. The molecule has 0 aromatic heterocycles. The molecule has 0 spiro atoms. The van der Waals surface area contributed by atoms with Crippen molar-refractivity contribution in [3.8, 4) is 0 Å². The van der Waals surface area contributed by atoms with Crippen LogP contribution in [-0.2, 0) is 26.2 Å². The molecular formula is C26H26Cl3N3O4S. The molecule has 0 aliphatic heterocycles. The van der Waals surface area contributed by atoms with Gasteiger partial charge < -0.3 is 10.2 Å². The lowest BCUT2D eigenvalue weighted by molar-refractivity contribution is -0.139. The van der Waals surface area contributed by atoms with Crippen LogP contribution in [0.1, 0.15) is 19.4 Å². The fourth-order valence-electron chi connectivity index (χ4n) is 3.65. The van der Waals surface area contributed by atoms with Crippen LogP contribution in [0.25, 0.3) is 0 Å². The highest BCUT2D eigenvalue weighted by molar-refractivity contribution is 7.92. The maximum atomic E-state index is 13.8. The van der Waals surface area contributed by atoms with Crippen molar-refractivity contribution < 1.29 is 18.0 Å². The largest absolute Gasteiger partial charge is 0.355 e. The van der Waals surface area contributed by atoms with E-state index in [0.29, 0.717) is 17.1 Å². The molecule has 0 aliphatic rings. The summed E-state index contributed by atoms with van der Waals surface area (Å²) < 4.78 is 28.4. The number of likely N-dealkylation sites (N-methyl/N-ethyl adjacent to an activating group) is 1. The first-order chi connectivity index (χ1) is 17.5. The fourth-order valence-corrected chi connectivity index (χ4v) is 5.74. The first-order valence-electron chi connectivity index (χ1n) is 11.4. The quantitative estimate of drug-likeness (QED) is 0.347. The second-order valence-electron chi connectivity index (χ2n) is 8.14. The Morgan fingerprint density at radius 3 is 2.24 bits per heavy atom. The van der Waals surface area contributed by atoms with Crippen molar-refractivity contribution in [1.82, 2.24) is 10.2 Å². The first kappa shape index (κ1) is 28.8. The minimum Gasteiger partial charge on any atom is -0.355 e. The van der Waals surface area contributed by atoms with Gasteiger partial charge in [-0.1, -0.05) is 65.1 Å². The monoisotopic (exact) mass is 581 g/mol. The minimum absolute atomic E-state index is 0.0280. The molecule has 3 aromatic carbocycles. The van der Waals surface area contributed by atoms with Gasteiger partial charge in [0.1, 0.15) is 12.6 Å². The molecule has 0 unspecified atom stereocenters. The van der Waals surface area contributed by atoms with Gasteiger partial charge in [-0.05, 0) is 61.9 Å². The first-order valence-corrected chi connectivity index (χ1v) is 14.0. The number of carbonyl (C=O) groups is 2. The van der Waals surface area contributed by atoms with E-state index in [-0.39, 0.29) is 33.1 Å². The van der Waals surface area contributed by atoms with E-state index in [2.05, 4.69) is 5.32 Å². The molecule has 11 heteroatoms. The van der Waals surface area contributed by atoms with Crippen LogP contribution in [0.4, 0.5) is 5.69 Å². The summed E-state index contributed by atoms with van der Waals surface area (Å²) in [7, 11) is -4.24. The maximum Gasteiger partial charge on any atom is 0.264 e. The van der Waals surface area contributed by atoms with Gasteiger partial charge >= 0.3 is 0 Å². The molecular weight excluding hydrogens is 557 g/mol. The number of rotatable bonds is 10. The molecule has 0 fully saturated rings. The third-order valence-corrected chi connectivity index (χ3v) is 8.11. The molecule has 3 aromatic rings. The predicted molar refractivity (Wildman–Crippen MR) is 148 cm³/mol. The summed E-state index contributed by atoms with van der Waals surface area (Å²) in [6.45, 7) is 3.12. The van der Waals surface area contributed by atoms with Crippen LogP contribution in [0.15, 0.2) is 77.7 Å². The van der Waals surface area contributed by atoms with Gasteiger partial charge in [0.2, 0.25) is 11.8 Å². The van der Waals surface area contributed by atoms with Gasteiger partial charge in [-0.25, -0.2) is 8.42 Å². The number of hydrogen-bond donors (Lipinski definition) is 1. The Balaban J connectivity index is 2.06. The fraction of sp³-hybridized carbons (Fsp3) is 0.231. The summed E-state index contributed by atoms with van der Waals surface area (Å²) in [4.78, 5) is 27.8. The number of nitrogens with zero attached hydrogens (tertiary/aromatic N) is 2. The highest BCUT2D eigenvalue weighted by Gasteiger charge is 2.33. The molecule has 3 rings (SSSR count). The lowest BCUT2D eigenvalue weighted by Crippen LogP contribution is -2.51. The second kappa shape index (κ2) is 12.6.